The number of nitrogens with one attached hydrogen (secondary N) is 1. The first-order valence-corrected chi connectivity index (χ1v) is 3.84. The Balaban J connectivity index is 2.64. The van der Waals surface area contributed by atoms with Crippen LogP contribution in [0.15, 0.2) is 24.7 Å². The number of nitrogens with zero attached hydrogens (tertiary/aromatic N) is 1. The molecular weight excluding hydrogens is 172 g/mol. The Hall–Kier alpha value is -1.78. The summed E-state index contributed by atoms with van der Waals surface area (Å²) in [6.07, 6.45) is 4.87. The van der Waals surface area contributed by atoms with Crippen LogP contribution in [0.25, 0.3) is 0 Å². The second-order valence-electron chi connectivity index (χ2n) is 2.25. The van der Waals surface area contributed by atoms with E-state index in [4.69, 9.17) is 4.74 Å². The van der Waals surface area contributed by atoms with Gasteiger partial charge in [-0.1, -0.05) is 0 Å². The minimum Gasteiger partial charge on any atom is -0.449 e. The second kappa shape index (κ2) is 4.30. The summed E-state index contributed by atoms with van der Waals surface area (Å²) < 4.78 is 4.72. The number of hydrogen-bond acceptors (Lipinski definition) is 3. The Kier molecular flexibility index (Phi) is 3.08. The summed E-state index contributed by atoms with van der Waals surface area (Å²) >= 11 is 0. The molecule has 0 aromatic carbocycles. The van der Waals surface area contributed by atoms with Crippen LogP contribution in [-0.2, 0) is 9.53 Å². The Morgan fingerprint density at radius 1 is 1.62 bits per heavy atom. The van der Waals surface area contributed by atoms with Gasteiger partial charge in [0, 0.05) is 24.7 Å². The molecule has 70 valence electrons. The molecule has 5 nitrogen and oxygen atoms in total. The molecule has 2 amide bonds. The molecule has 1 aliphatic rings. The SMILES string of the molecule is CCOC(=O)N1C=CNC(=O)C=C1. The maximum atomic E-state index is 11.1. The Morgan fingerprint density at radius 3 is 3.08 bits per heavy atom. The molecule has 13 heavy (non-hydrogen) atoms. The van der Waals surface area contributed by atoms with Gasteiger partial charge in [0.25, 0.3) is 0 Å². The van der Waals surface area contributed by atoms with Crippen LogP contribution in [0.5, 0.6) is 0 Å². The summed E-state index contributed by atoms with van der Waals surface area (Å²) in [5.41, 5.74) is 0. The van der Waals surface area contributed by atoms with E-state index in [9.17, 15) is 9.59 Å². The van der Waals surface area contributed by atoms with Crippen LogP contribution in [0.1, 0.15) is 6.92 Å². The molecule has 0 aromatic heterocycles. The zero-order chi connectivity index (χ0) is 9.68. The van der Waals surface area contributed by atoms with Gasteiger partial charge < -0.3 is 10.1 Å². The minimum atomic E-state index is -0.508. The highest BCUT2D eigenvalue weighted by Gasteiger charge is 2.10. The van der Waals surface area contributed by atoms with E-state index < -0.39 is 6.09 Å². The van der Waals surface area contributed by atoms with Crippen molar-refractivity contribution in [2.24, 2.45) is 0 Å². The monoisotopic (exact) mass is 182 g/mol. The summed E-state index contributed by atoms with van der Waals surface area (Å²) in [4.78, 5) is 23.1. The zero-order valence-electron chi connectivity index (χ0n) is 7.19. The molecule has 0 unspecified atom stereocenters. The second-order valence-corrected chi connectivity index (χ2v) is 2.25. The van der Waals surface area contributed by atoms with Crippen LogP contribution < -0.4 is 5.32 Å². The van der Waals surface area contributed by atoms with Crippen molar-refractivity contribution < 1.29 is 14.3 Å². The van der Waals surface area contributed by atoms with Gasteiger partial charge in [0.15, 0.2) is 0 Å². The highest BCUT2D eigenvalue weighted by molar-refractivity contribution is 5.89. The van der Waals surface area contributed by atoms with Gasteiger partial charge in [-0.15, -0.1) is 0 Å². The largest absolute Gasteiger partial charge is 0.449 e. The fourth-order valence-electron chi connectivity index (χ4n) is 0.765. The van der Waals surface area contributed by atoms with Gasteiger partial charge in [-0.05, 0) is 6.92 Å². The molecule has 1 aliphatic heterocycles. The fourth-order valence-corrected chi connectivity index (χ4v) is 0.765. The molecule has 0 atom stereocenters. The highest BCUT2D eigenvalue weighted by atomic mass is 16.5. The van der Waals surface area contributed by atoms with Crippen molar-refractivity contribution in [3.63, 3.8) is 0 Å². The van der Waals surface area contributed by atoms with E-state index in [2.05, 4.69) is 5.32 Å². The van der Waals surface area contributed by atoms with Gasteiger partial charge in [0.2, 0.25) is 5.91 Å². The molecule has 1 heterocycles. The van der Waals surface area contributed by atoms with Crippen molar-refractivity contribution in [2.75, 3.05) is 6.61 Å². The Bertz CT molecular complexity index is 271. The van der Waals surface area contributed by atoms with Crippen LogP contribution in [-0.4, -0.2) is 23.5 Å². The zero-order valence-corrected chi connectivity index (χ0v) is 7.19. The number of amides is 2. The molecule has 0 aromatic rings. The van der Waals surface area contributed by atoms with Crippen LogP contribution in [0, 0.1) is 0 Å². The third-order valence-corrected chi connectivity index (χ3v) is 1.33. The van der Waals surface area contributed by atoms with E-state index in [1.54, 1.807) is 6.92 Å². The lowest BCUT2D eigenvalue weighted by Crippen LogP contribution is -2.20. The molecule has 0 radical (unpaired) electrons. The summed E-state index contributed by atoms with van der Waals surface area (Å²) in [5.74, 6) is -0.275. The van der Waals surface area contributed by atoms with Crippen LogP contribution in [0.2, 0.25) is 0 Å². The third-order valence-electron chi connectivity index (χ3n) is 1.33. The molecule has 0 fully saturated rings. The summed E-state index contributed by atoms with van der Waals surface area (Å²) in [5, 5.41) is 2.42. The van der Waals surface area contributed by atoms with E-state index in [-0.39, 0.29) is 5.91 Å². The molecule has 5 heteroatoms. The minimum absolute atomic E-state index is 0.275. The predicted octanol–water partition coefficient (Wildman–Crippen LogP) is 0.560. The van der Waals surface area contributed by atoms with Crippen LogP contribution in [0.3, 0.4) is 0 Å². The fraction of sp³-hybridized carbons (Fsp3) is 0.250. The summed E-state index contributed by atoms with van der Waals surface area (Å²) in [6, 6.07) is 0. The molecule has 1 rings (SSSR count). The highest BCUT2D eigenvalue weighted by Crippen LogP contribution is 1.99. The van der Waals surface area contributed by atoms with Crippen molar-refractivity contribution in [3.05, 3.63) is 24.7 Å². The number of rotatable bonds is 1. The van der Waals surface area contributed by atoms with E-state index in [0.717, 1.165) is 0 Å². The lowest BCUT2D eigenvalue weighted by atomic mass is 10.5. The average Bonchev–Trinajstić information content (AvgIpc) is 2.30. The number of hydrogen-bond donors (Lipinski definition) is 1. The van der Waals surface area contributed by atoms with Crippen molar-refractivity contribution >= 4 is 12.0 Å². The maximum Gasteiger partial charge on any atom is 0.417 e. The molecule has 0 saturated heterocycles. The molecule has 0 bridgehead atoms. The van der Waals surface area contributed by atoms with Crippen LogP contribution in [0.4, 0.5) is 4.79 Å². The first kappa shape index (κ1) is 9.31. The van der Waals surface area contributed by atoms with Gasteiger partial charge in [0.1, 0.15) is 0 Å². The smallest absolute Gasteiger partial charge is 0.417 e. The number of carbonyl (C=O) groups is 2. The Morgan fingerprint density at radius 2 is 2.38 bits per heavy atom. The van der Waals surface area contributed by atoms with Crippen molar-refractivity contribution in [1.29, 1.82) is 0 Å². The standard InChI is InChI=1S/C8H10N2O3/c1-2-13-8(12)10-5-3-7(11)9-4-6-10/h3-6H,2H2,1H3,(H,9,11). The van der Waals surface area contributed by atoms with Gasteiger partial charge in [-0.25, -0.2) is 4.79 Å². The topological polar surface area (TPSA) is 58.6 Å². The number of carbonyl (C=O) groups excluding carboxylic acids is 2. The van der Waals surface area contributed by atoms with Gasteiger partial charge >= 0.3 is 6.09 Å². The van der Waals surface area contributed by atoms with Gasteiger partial charge in [0.05, 0.1) is 6.61 Å². The summed E-state index contributed by atoms with van der Waals surface area (Å²) in [7, 11) is 0. The van der Waals surface area contributed by atoms with Crippen molar-refractivity contribution in [3.8, 4) is 0 Å². The molecule has 0 saturated carbocycles. The van der Waals surface area contributed by atoms with Gasteiger partial charge in [-0.3, -0.25) is 9.69 Å². The van der Waals surface area contributed by atoms with E-state index in [1.165, 1.54) is 29.6 Å². The molecule has 0 aliphatic carbocycles. The lowest BCUT2D eigenvalue weighted by molar-refractivity contribution is -0.115. The molecule has 1 N–H and O–H groups in total. The van der Waals surface area contributed by atoms with E-state index in [0.29, 0.717) is 6.61 Å². The Labute approximate surface area is 75.7 Å². The van der Waals surface area contributed by atoms with Crippen LogP contribution >= 0.6 is 0 Å². The van der Waals surface area contributed by atoms with E-state index >= 15 is 0 Å². The van der Waals surface area contributed by atoms with Crippen molar-refractivity contribution in [2.45, 2.75) is 6.92 Å². The maximum absolute atomic E-state index is 11.1. The van der Waals surface area contributed by atoms with Gasteiger partial charge in [-0.2, -0.15) is 0 Å². The normalized spacial score (nSPS) is 15.2. The quantitative estimate of drug-likeness (QED) is 0.644. The third kappa shape index (κ3) is 2.62. The van der Waals surface area contributed by atoms with E-state index in [1.807, 2.05) is 0 Å². The number of ether oxygens (including phenoxy) is 1. The molecule has 0 spiro atoms. The first-order valence-electron chi connectivity index (χ1n) is 3.84. The predicted molar refractivity (Wildman–Crippen MR) is 45.3 cm³/mol. The first-order chi connectivity index (χ1) is 6.24. The molecular formula is C8H10N2O3. The summed E-state index contributed by atoms with van der Waals surface area (Å²) in [6.45, 7) is 2.02. The van der Waals surface area contributed by atoms with Crippen molar-refractivity contribution in [1.82, 2.24) is 10.2 Å². The lowest BCUT2D eigenvalue weighted by Gasteiger charge is -2.10. The average molecular weight is 182 g/mol.